The summed E-state index contributed by atoms with van der Waals surface area (Å²) in [4.78, 5) is 16.8. The highest BCUT2D eigenvalue weighted by molar-refractivity contribution is 5.76. The number of rotatable bonds is 0. The van der Waals surface area contributed by atoms with Gasteiger partial charge in [-0.15, -0.1) is 0 Å². The molecule has 2 aromatic heterocycles. The van der Waals surface area contributed by atoms with Crippen LogP contribution in [0.4, 0.5) is 0 Å². The molecule has 5 nitrogen and oxygen atoms in total. The molecule has 0 radical (unpaired) electrons. The average molecular weight is 312 g/mol. The van der Waals surface area contributed by atoms with E-state index in [1.807, 2.05) is 66.8 Å². The molecule has 3 aliphatic rings. The van der Waals surface area contributed by atoms with E-state index in [9.17, 15) is 0 Å². The molecule has 5 heterocycles. The summed E-state index contributed by atoms with van der Waals surface area (Å²) in [6.07, 6.45) is 11.4. The number of aromatic amines is 1. The van der Waals surface area contributed by atoms with Crippen LogP contribution in [-0.2, 0) is 0 Å². The lowest BCUT2D eigenvalue weighted by Gasteiger charge is -1.86. The highest BCUT2D eigenvalue weighted by Gasteiger charge is 2.05. The summed E-state index contributed by atoms with van der Waals surface area (Å²) in [6, 6.07) is 9.94. The number of hydrogen-bond donors (Lipinski definition) is 1. The van der Waals surface area contributed by atoms with E-state index >= 15 is 0 Å². The summed E-state index contributed by atoms with van der Waals surface area (Å²) in [5.74, 6) is 1.06. The van der Waals surface area contributed by atoms with Crippen LogP contribution >= 0.6 is 0 Å². The van der Waals surface area contributed by atoms with Gasteiger partial charge in [-0.1, -0.05) is 0 Å². The Morgan fingerprint density at radius 2 is 1.08 bits per heavy atom. The fraction of sp³-hybridized carbons (Fsp3) is 0. The van der Waals surface area contributed by atoms with Gasteiger partial charge < -0.3 is 9.40 Å². The van der Waals surface area contributed by atoms with Crippen LogP contribution in [0.5, 0.6) is 0 Å². The summed E-state index contributed by atoms with van der Waals surface area (Å²) in [5.41, 5.74) is 5.38. The molecular weight excluding hydrogens is 300 g/mol. The smallest absolute Gasteiger partial charge is 0.221 e. The number of H-pyrrole nitrogens is 1. The number of nitrogens with zero attached hydrogens (tertiary/aromatic N) is 3. The monoisotopic (exact) mass is 312 g/mol. The van der Waals surface area contributed by atoms with Crippen LogP contribution in [0.3, 0.4) is 0 Å². The zero-order chi connectivity index (χ0) is 15.9. The van der Waals surface area contributed by atoms with Gasteiger partial charge in [0, 0.05) is 23.2 Å². The van der Waals surface area contributed by atoms with Crippen molar-refractivity contribution in [3.8, 4) is 0 Å². The molecule has 0 fully saturated rings. The molecule has 0 aromatic carbocycles. The lowest BCUT2D eigenvalue weighted by atomic mass is 10.3. The third-order valence-corrected chi connectivity index (χ3v) is 3.80. The van der Waals surface area contributed by atoms with Crippen LogP contribution in [0.1, 0.15) is 34.6 Å². The van der Waals surface area contributed by atoms with Gasteiger partial charge in [0.15, 0.2) is 0 Å². The molecule has 0 unspecified atom stereocenters. The second-order valence-corrected chi connectivity index (χ2v) is 5.62. The van der Waals surface area contributed by atoms with E-state index in [0.29, 0.717) is 11.8 Å². The lowest BCUT2D eigenvalue weighted by molar-refractivity contribution is 0.499. The molecule has 0 saturated carbocycles. The molecular formula is C19H12N4O. The molecule has 5 rings (SSSR count). The van der Waals surface area contributed by atoms with Crippen LogP contribution in [-0.4, -0.2) is 19.9 Å². The van der Waals surface area contributed by atoms with Crippen molar-refractivity contribution in [2.24, 2.45) is 0 Å². The maximum atomic E-state index is 5.71. The molecule has 0 spiro atoms. The van der Waals surface area contributed by atoms with Gasteiger partial charge in [-0.05, 0) is 54.6 Å². The van der Waals surface area contributed by atoms with Gasteiger partial charge in [0.2, 0.25) is 11.8 Å². The van der Waals surface area contributed by atoms with E-state index in [0.717, 1.165) is 33.8 Å². The predicted octanol–water partition coefficient (Wildman–Crippen LogP) is 4.21. The van der Waals surface area contributed by atoms with Crippen molar-refractivity contribution in [1.82, 2.24) is 19.9 Å². The van der Waals surface area contributed by atoms with Crippen molar-refractivity contribution in [1.29, 1.82) is 0 Å². The van der Waals surface area contributed by atoms with Crippen molar-refractivity contribution in [2.45, 2.75) is 0 Å². The van der Waals surface area contributed by atoms with Gasteiger partial charge in [0.1, 0.15) is 0 Å². The zero-order valence-electron chi connectivity index (χ0n) is 12.6. The van der Waals surface area contributed by atoms with Crippen LogP contribution in [0.15, 0.2) is 34.7 Å². The second-order valence-electron chi connectivity index (χ2n) is 5.62. The lowest BCUT2D eigenvalue weighted by Crippen LogP contribution is -1.79. The van der Waals surface area contributed by atoms with Gasteiger partial charge in [-0.3, -0.25) is 0 Å². The highest BCUT2D eigenvalue weighted by atomic mass is 16.4. The third kappa shape index (κ3) is 2.42. The van der Waals surface area contributed by atoms with Crippen molar-refractivity contribution >= 4 is 47.5 Å². The minimum Gasteiger partial charge on any atom is -0.421 e. The Kier molecular flexibility index (Phi) is 2.72. The zero-order valence-corrected chi connectivity index (χ0v) is 12.6. The van der Waals surface area contributed by atoms with E-state index < -0.39 is 0 Å². The Labute approximate surface area is 137 Å². The number of hydrogen-bond acceptors (Lipinski definition) is 4. The van der Waals surface area contributed by atoms with E-state index in [4.69, 9.17) is 4.42 Å². The Hall–Kier alpha value is -3.47. The Balaban J connectivity index is 1.83. The van der Waals surface area contributed by atoms with Gasteiger partial charge in [-0.25, -0.2) is 15.0 Å². The minimum atomic E-state index is 0.526. The van der Waals surface area contributed by atoms with E-state index in [2.05, 4.69) is 19.9 Å². The molecule has 24 heavy (non-hydrogen) atoms. The number of aromatic nitrogens is 4. The Morgan fingerprint density at radius 1 is 0.583 bits per heavy atom. The van der Waals surface area contributed by atoms with Gasteiger partial charge >= 0.3 is 0 Å². The molecule has 5 heteroatoms. The molecule has 0 amide bonds. The van der Waals surface area contributed by atoms with Crippen molar-refractivity contribution in [3.63, 3.8) is 0 Å². The normalized spacial score (nSPS) is 13.3. The quantitative estimate of drug-likeness (QED) is 0.465. The standard InChI is InChI=1S/C19H12N4O/c1-3-14-10-16-5-7-18(22-16)24-19-8-6-17(23-19)11-15-4-2-13(21-15)9-12(1)20-14/h1-11,20H. The van der Waals surface area contributed by atoms with Crippen molar-refractivity contribution in [3.05, 3.63) is 64.9 Å². The Bertz CT molecular complexity index is 1030. The van der Waals surface area contributed by atoms with Crippen molar-refractivity contribution < 1.29 is 4.42 Å². The van der Waals surface area contributed by atoms with Gasteiger partial charge in [-0.2, -0.15) is 0 Å². The number of fused-ring (bicyclic) bond motifs is 8. The first-order valence-corrected chi connectivity index (χ1v) is 7.62. The maximum Gasteiger partial charge on any atom is 0.221 e. The minimum absolute atomic E-state index is 0.526. The first-order chi connectivity index (χ1) is 11.8. The van der Waals surface area contributed by atoms with E-state index in [-0.39, 0.29) is 0 Å². The van der Waals surface area contributed by atoms with Crippen molar-refractivity contribution in [2.75, 3.05) is 0 Å². The first kappa shape index (κ1) is 13.0. The first-order valence-electron chi connectivity index (χ1n) is 7.62. The largest absolute Gasteiger partial charge is 0.421 e. The third-order valence-electron chi connectivity index (χ3n) is 3.80. The summed E-state index contributed by atoms with van der Waals surface area (Å²) in [6.45, 7) is 0. The van der Waals surface area contributed by atoms with E-state index in [1.165, 1.54) is 0 Å². The highest BCUT2D eigenvalue weighted by Crippen LogP contribution is 2.18. The Morgan fingerprint density at radius 3 is 1.75 bits per heavy atom. The molecule has 3 aliphatic heterocycles. The second kappa shape index (κ2) is 5.03. The molecule has 114 valence electrons. The average Bonchev–Trinajstić information content (AvgIpc) is 3.32. The van der Waals surface area contributed by atoms with Crippen LogP contribution < -0.4 is 0 Å². The molecule has 0 aliphatic carbocycles. The predicted molar refractivity (Wildman–Crippen MR) is 94.8 cm³/mol. The molecule has 2 aromatic rings. The van der Waals surface area contributed by atoms with Gasteiger partial charge in [0.05, 0.1) is 22.8 Å². The SMILES string of the molecule is C1=Cc2cc3ccc(cc4nc(oc5nc(cc1n2)C=C5)C=C4)[nH]3. The summed E-state index contributed by atoms with van der Waals surface area (Å²) in [7, 11) is 0. The summed E-state index contributed by atoms with van der Waals surface area (Å²) < 4.78 is 5.71. The fourth-order valence-electron chi connectivity index (χ4n) is 2.72. The van der Waals surface area contributed by atoms with Gasteiger partial charge in [0.25, 0.3) is 0 Å². The van der Waals surface area contributed by atoms with Crippen LogP contribution in [0, 0.1) is 0 Å². The molecule has 8 bridgehead atoms. The molecule has 1 N–H and O–H groups in total. The van der Waals surface area contributed by atoms with Crippen LogP contribution in [0.2, 0.25) is 0 Å². The summed E-state index contributed by atoms with van der Waals surface area (Å²) >= 11 is 0. The van der Waals surface area contributed by atoms with Crippen LogP contribution in [0.25, 0.3) is 47.5 Å². The fourth-order valence-corrected chi connectivity index (χ4v) is 2.72. The maximum absolute atomic E-state index is 5.71. The molecule has 0 atom stereocenters. The number of nitrogens with one attached hydrogen (secondary N) is 1. The molecule has 0 saturated heterocycles. The topological polar surface area (TPSA) is 67.6 Å². The summed E-state index contributed by atoms with van der Waals surface area (Å²) in [5, 5.41) is 0. The van der Waals surface area contributed by atoms with E-state index in [1.54, 1.807) is 0 Å².